The maximum atomic E-state index is 12.4. The molecule has 6 nitrogen and oxygen atoms in total. The SMILES string of the molecule is CC(C)C[C@H](N)C(=O)N1CCN(c2ncnc3ccsc23)CC1. The molecule has 0 radical (unpaired) electrons. The van der Waals surface area contributed by atoms with Gasteiger partial charge in [-0.05, 0) is 23.8 Å². The highest BCUT2D eigenvalue weighted by Crippen LogP contribution is 2.28. The first-order valence-electron chi connectivity index (χ1n) is 8.03. The number of fused-ring (bicyclic) bond motifs is 1. The number of amides is 1. The smallest absolute Gasteiger partial charge is 0.239 e. The van der Waals surface area contributed by atoms with Crippen LogP contribution in [0, 0.1) is 5.92 Å². The number of thiophene rings is 1. The number of nitrogens with zero attached hydrogens (tertiary/aromatic N) is 4. The third kappa shape index (κ3) is 3.45. The van der Waals surface area contributed by atoms with Crippen molar-refractivity contribution < 1.29 is 4.79 Å². The van der Waals surface area contributed by atoms with Crippen molar-refractivity contribution in [2.45, 2.75) is 26.3 Å². The van der Waals surface area contributed by atoms with Gasteiger partial charge in [-0.2, -0.15) is 0 Å². The van der Waals surface area contributed by atoms with Gasteiger partial charge in [-0.3, -0.25) is 4.79 Å². The van der Waals surface area contributed by atoms with E-state index in [9.17, 15) is 4.79 Å². The molecule has 2 aromatic rings. The summed E-state index contributed by atoms with van der Waals surface area (Å²) in [4.78, 5) is 25.3. The van der Waals surface area contributed by atoms with E-state index >= 15 is 0 Å². The molecule has 1 aliphatic heterocycles. The number of anilines is 1. The summed E-state index contributed by atoms with van der Waals surface area (Å²) < 4.78 is 1.11. The molecule has 2 aromatic heterocycles. The average Bonchev–Trinajstić information content (AvgIpc) is 3.02. The summed E-state index contributed by atoms with van der Waals surface area (Å²) >= 11 is 1.66. The quantitative estimate of drug-likeness (QED) is 0.922. The predicted octanol–water partition coefficient (Wildman–Crippen LogP) is 1.71. The minimum atomic E-state index is -0.385. The third-order valence-electron chi connectivity index (χ3n) is 4.16. The van der Waals surface area contributed by atoms with E-state index in [4.69, 9.17) is 5.73 Å². The second-order valence-corrected chi connectivity index (χ2v) is 7.30. The van der Waals surface area contributed by atoms with E-state index in [0.717, 1.165) is 35.5 Å². The fraction of sp³-hybridized carbons (Fsp3) is 0.562. The molecule has 0 unspecified atom stereocenters. The van der Waals surface area contributed by atoms with Crippen LogP contribution < -0.4 is 10.6 Å². The molecule has 23 heavy (non-hydrogen) atoms. The summed E-state index contributed by atoms with van der Waals surface area (Å²) in [7, 11) is 0. The highest BCUT2D eigenvalue weighted by molar-refractivity contribution is 7.17. The van der Waals surface area contributed by atoms with Gasteiger partial charge in [0.1, 0.15) is 12.1 Å². The van der Waals surface area contributed by atoms with Crippen LogP contribution in [-0.2, 0) is 4.79 Å². The zero-order valence-electron chi connectivity index (χ0n) is 13.6. The summed E-state index contributed by atoms with van der Waals surface area (Å²) in [5.41, 5.74) is 7.02. The van der Waals surface area contributed by atoms with Crippen LogP contribution in [0.3, 0.4) is 0 Å². The standard InChI is InChI=1S/C16H23N5OS/c1-11(2)9-12(17)16(22)21-6-4-20(5-7-21)15-14-13(3-8-23-14)18-10-19-15/h3,8,10-12H,4-7,9,17H2,1-2H3/t12-/m0/s1. The molecule has 0 spiro atoms. The molecule has 1 saturated heterocycles. The lowest BCUT2D eigenvalue weighted by Gasteiger charge is -2.36. The van der Waals surface area contributed by atoms with Gasteiger partial charge in [-0.25, -0.2) is 9.97 Å². The van der Waals surface area contributed by atoms with Crippen molar-refractivity contribution in [3.05, 3.63) is 17.8 Å². The van der Waals surface area contributed by atoms with Crippen LogP contribution in [0.15, 0.2) is 17.8 Å². The van der Waals surface area contributed by atoms with Crippen molar-refractivity contribution in [1.82, 2.24) is 14.9 Å². The number of hydrogen-bond acceptors (Lipinski definition) is 6. The van der Waals surface area contributed by atoms with Gasteiger partial charge in [0.15, 0.2) is 0 Å². The summed E-state index contributed by atoms with van der Waals surface area (Å²) in [5.74, 6) is 1.48. The van der Waals surface area contributed by atoms with Gasteiger partial charge in [-0.1, -0.05) is 13.8 Å². The summed E-state index contributed by atoms with van der Waals surface area (Å²) in [6.45, 7) is 7.14. The third-order valence-corrected chi connectivity index (χ3v) is 5.06. The van der Waals surface area contributed by atoms with Crippen LogP contribution >= 0.6 is 11.3 Å². The molecule has 0 bridgehead atoms. The number of piperazine rings is 1. The van der Waals surface area contributed by atoms with Crippen LogP contribution in [0.4, 0.5) is 5.82 Å². The van der Waals surface area contributed by atoms with Gasteiger partial charge in [0.2, 0.25) is 5.91 Å². The molecule has 1 fully saturated rings. The van der Waals surface area contributed by atoms with Crippen LogP contribution in [-0.4, -0.2) is 53.0 Å². The monoisotopic (exact) mass is 333 g/mol. The van der Waals surface area contributed by atoms with E-state index in [1.807, 2.05) is 16.3 Å². The number of aromatic nitrogens is 2. The Morgan fingerprint density at radius 3 is 2.74 bits per heavy atom. The summed E-state index contributed by atoms with van der Waals surface area (Å²) in [6.07, 6.45) is 2.35. The van der Waals surface area contributed by atoms with Crippen molar-refractivity contribution in [2.24, 2.45) is 11.7 Å². The molecule has 0 aromatic carbocycles. The first kappa shape index (κ1) is 16.1. The van der Waals surface area contributed by atoms with Crippen LogP contribution in [0.5, 0.6) is 0 Å². The molecular weight excluding hydrogens is 310 g/mol. The van der Waals surface area contributed by atoms with Crippen LogP contribution in [0.25, 0.3) is 10.2 Å². The van der Waals surface area contributed by atoms with E-state index in [2.05, 4.69) is 28.7 Å². The number of rotatable bonds is 4. The average molecular weight is 333 g/mol. The topological polar surface area (TPSA) is 75.4 Å². The van der Waals surface area contributed by atoms with Crippen LogP contribution in [0.2, 0.25) is 0 Å². The molecule has 2 N–H and O–H groups in total. The Morgan fingerprint density at radius 2 is 2.04 bits per heavy atom. The molecule has 7 heteroatoms. The molecule has 1 atom stereocenters. The van der Waals surface area contributed by atoms with Gasteiger partial charge >= 0.3 is 0 Å². The Labute approximate surface area is 140 Å². The minimum absolute atomic E-state index is 0.0716. The van der Waals surface area contributed by atoms with E-state index in [1.54, 1.807) is 17.7 Å². The Bertz CT molecular complexity index is 678. The van der Waals surface area contributed by atoms with E-state index in [1.165, 1.54) is 0 Å². The molecule has 3 rings (SSSR count). The number of carbonyl (C=O) groups is 1. The first-order chi connectivity index (χ1) is 11.1. The van der Waals surface area contributed by atoms with Crippen molar-refractivity contribution in [3.8, 4) is 0 Å². The van der Waals surface area contributed by atoms with Crippen molar-refractivity contribution in [1.29, 1.82) is 0 Å². The normalized spacial score (nSPS) is 17.0. The van der Waals surface area contributed by atoms with E-state index < -0.39 is 0 Å². The fourth-order valence-electron chi connectivity index (χ4n) is 2.98. The fourth-order valence-corrected chi connectivity index (χ4v) is 3.84. The molecule has 0 aliphatic carbocycles. The Morgan fingerprint density at radius 1 is 1.30 bits per heavy atom. The summed E-state index contributed by atoms with van der Waals surface area (Å²) in [6, 6.07) is 1.63. The van der Waals surface area contributed by atoms with Gasteiger partial charge in [0, 0.05) is 26.2 Å². The molecule has 0 saturated carbocycles. The van der Waals surface area contributed by atoms with Crippen molar-refractivity contribution >= 4 is 33.3 Å². The second-order valence-electron chi connectivity index (χ2n) is 6.38. The Kier molecular flexibility index (Phi) is 4.77. The molecule has 3 heterocycles. The van der Waals surface area contributed by atoms with Crippen LogP contribution in [0.1, 0.15) is 20.3 Å². The Hall–Kier alpha value is -1.73. The number of nitrogens with two attached hydrogens (primary N) is 1. The first-order valence-corrected chi connectivity index (χ1v) is 8.91. The lowest BCUT2D eigenvalue weighted by molar-refractivity contribution is -0.133. The van der Waals surface area contributed by atoms with Gasteiger partial charge < -0.3 is 15.5 Å². The Balaban J connectivity index is 1.64. The minimum Gasteiger partial charge on any atom is -0.352 e. The second kappa shape index (κ2) is 6.80. The zero-order chi connectivity index (χ0) is 16.4. The van der Waals surface area contributed by atoms with Gasteiger partial charge in [0.05, 0.1) is 16.3 Å². The maximum Gasteiger partial charge on any atom is 0.239 e. The largest absolute Gasteiger partial charge is 0.352 e. The highest BCUT2D eigenvalue weighted by Gasteiger charge is 2.26. The van der Waals surface area contributed by atoms with E-state index in [0.29, 0.717) is 19.0 Å². The lowest BCUT2D eigenvalue weighted by atomic mass is 10.0. The maximum absolute atomic E-state index is 12.4. The molecule has 1 amide bonds. The highest BCUT2D eigenvalue weighted by atomic mass is 32.1. The molecule has 1 aliphatic rings. The predicted molar refractivity (Wildman–Crippen MR) is 93.6 cm³/mol. The summed E-state index contributed by atoms with van der Waals surface area (Å²) in [5, 5.41) is 2.04. The van der Waals surface area contributed by atoms with Gasteiger partial charge in [-0.15, -0.1) is 11.3 Å². The molecular formula is C16H23N5OS. The number of carbonyl (C=O) groups excluding carboxylic acids is 1. The van der Waals surface area contributed by atoms with E-state index in [-0.39, 0.29) is 11.9 Å². The zero-order valence-corrected chi connectivity index (χ0v) is 14.4. The number of hydrogen-bond donors (Lipinski definition) is 1. The van der Waals surface area contributed by atoms with Crippen molar-refractivity contribution in [3.63, 3.8) is 0 Å². The lowest BCUT2D eigenvalue weighted by Crippen LogP contribution is -2.53. The molecule has 124 valence electrons. The van der Waals surface area contributed by atoms with Gasteiger partial charge in [0.25, 0.3) is 0 Å². The van der Waals surface area contributed by atoms with Crippen molar-refractivity contribution in [2.75, 3.05) is 31.1 Å².